The predicted octanol–water partition coefficient (Wildman–Crippen LogP) is 3.39. The molecule has 0 radical (unpaired) electrons. The van der Waals surface area contributed by atoms with E-state index in [0.717, 1.165) is 31.0 Å². The second-order valence-corrected chi connectivity index (χ2v) is 7.58. The van der Waals surface area contributed by atoms with Gasteiger partial charge in [0.25, 0.3) is 0 Å². The standard InChI is InChI=1S/C23H32N4O2.HI/c1-17-13-20(16-27(17)15-18-7-5-4-6-8-18)26-23(24-2)25-12-11-19-9-10-21(29-3)14-22(19)28;/h4-10,14,17,20,28H,11-13,15-16H2,1-3H3,(H2,24,25,26);1H. The maximum atomic E-state index is 10.1. The van der Waals surface area contributed by atoms with E-state index in [1.54, 1.807) is 20.2 Å². The number of nitrogens with zero attached hydrogens (tertiary/aromatic N) is 2. The van der Waals surface area contributed by atoms with E-state index in [9.17, 15) is 5.11 Å². The van der Waals surface area contributed by atoms with Crippen molar-refractivity contribution in [1.29, 1.82) is 0 Å². The first-order chi connectivity index (χ1) is 14.1. The molecule has 1 fully saturated rings. The first-order valence-corrected chi connectivity index (χ1v) is 10.2. The molecule has 1 saturated heterocycles. The third-order valence-electron chi connectivity index (χ3n) is 5.48. The zero-order valence-corrected chi connectivity index (χ0v) is 20.3. The molecular formula is C23H33IN4O2. The van der Waals surface area contributed by atoms with Gasteiger partial charge in [-0.15, -0.1) is 24.0 Å². The number of ether oxygens (including phenoxy) is 1. The Morgan fingerprint density at radius 3 is 2.67 bits per heavy atom. The molecular weight excluding hydrogens is 491 g/mol. The van der Waals surface area contributed by atoms with Crippen LogP contribution in [-0.4, -0.2) is 55.3 Å². The van der Waals surface area contributed by atoms with Crippen molar-refractivity contribution in [3.05, 3.63) is 59.7 Å². The monoisotopic (exact) mass is 524 g/mol. The summed E-state index contributed by atoms with van der Waals surface area (Å²) in [4.78, 5) is 6.87. The molecule has 1 heterocycles. The van der Waals surface area contributed by atoms with Gasteiger partial charge in [0.1, 0.15) is 11.5 Å². The van der Waals surface area contributed by atoms with Crippen LogP contribution in [0.25, 0.3) is 0 Å². The van der Waals surface area contributed by atoms with Crippen LogP contribution >= 0.6 is 24.0 Å². The van der Waals surface area contributed by atoms with Crippen molar-refractivity contribution in [3.63, 3.8) is 0 Å². The average Bonchev–Trinajstić information content (AvgIpc) is 3.07. The molecule has 2 atom stereocenters. The summed E-state index contributed by atoms with van der Waals surface area (Å²) in [5.41, 5.74) is 2.24. The number of guanidine groups is 1. The van der Waals surface area contributed by atoms with Crippen LogP contribution in [0.15, 0.2) is 53.5 Å². The van der Waals surface area contributed by atoms with E-state index >= 15 is 0 Å². The fourth-order valence-electron chi connectivity index (χ4n) is 3.83. The largest absolute Gasteiger partial charge is 0.508 e. The molecule has 2 aromatic carbocycles. The Balaban J connectivity index is 0.00000320. The Morgan fingerprint density at radius 2 is 2.00 bits per heavy atom. The Labute approximate surface area is 196 Å². The minimum atomic E-state index is 0. The van der Waals surface area contributed by atoms with Crippen molar-refractivity contribution in [2.24, 2.45) is 4.99 Å². The molecule has 0 saturated carbocycles. The first-order valence-electron chi connectivity index (χ1n) is 10.2. The Hall–Kier alpha value is -2.00. The molecule has 0 aliphatic carbocycles. The molecule has 0 aromatic heterocycles. The number of hydrogen-bond donors (Lipinski definition) is 3. The molecule has 7 heteroatoms. The highest BCUT2D eigenvalue weighted by Crippen LogP contribution is 2.23. The van der Waals surface area contributed by atoms with Gasteiger partial charge in [-0.1, -0.05) is 36.4 Å². The third kappa shape index (κ3) is 6.77. The van der Waals surface area contributed by atoms with Crippen molar-refractivity contribution in [2.75, 3.05) is 27.2 Å². The normalized spacial score (nSPS) is 19.2. The quantitative estimate of drug-likeness (QED) is 0.295. The second kappa shape index (κ2) is 12.0. The molecule has 0 amide bonds. The van der Waals surface area contributed by atoms with Crippen molar-refractivity contribution in [1.82, 2.24) is 15.5 Å². The van der Waals surface area contributed by atoms with E-state index < -0.39 is 0 Å². The smallest absolute Gasteiger partial charge is 0.191 e. The first kappa shape index (κ1) is 24.3. The fraction of sp³-hybridized carbons (Fsp3) is 0.435. The lowest BCUT2D eigenvalue weighted by Crippen LogP contribution is -2.45. The summed E-state index contributed by atoms with van der Waals surface area (Å²) in [5.74, 6) is 1.72. The minimum absolute atomic E-state index is 0. The van der Waals surface area contributed by atoms with Crippen molar-refractivity contribution in [3.8, 4) is 11.5 Å². The Kier molecular flexibility index (Phi) is 9.71. The number of phenolic OH excluding ortho intramolecular Hbond substituents is 1. The number of rotatable bonds is 7. The van der Waals surface area contributed by atoms with Crippen LogP contribution in [0.2, 0.25) is 0 Å². The van der Waals surface area contributed by atoms with Crippen LogP contribution in [-0.2, 0) is 13.0 Å². The molecule has 30 heavy (non-hydrogen) atoms. The van der Waals surface area contributed by atoms with E-state index in [0.29, 0.717) is 30.8 Å². The molecule has 1 aliphatic rings. The molecule has 2 unspecified atom stereocenters. The maximum Gasteiger partial charge on any atom is 0.191 e. The topological polar surface area (TPSA) is 69.1 Å². The van der Waals surface area contributed by atoms with E-state index in [4.69, 9.17) is 4.74 Å². The van der Waals surface area contributed by atoms with Crippen LogP contribution in [0.4, 0.5) is 0 Å². The maximum absolute atomic E-state index is 10.1. The third-order valence-corrected chi connectivity index (χ3v) is 5.48. The number of phenols is 1. The van der Waals surface area contributed by atoms with Gasteiger partial charge in [0.05, 0.1) is 7.11 Å². The molecule has 0 spiro atoms. The van der Waals surface area contributed by atoms with Crippen LogP contribution in [0.3, 0.4) is 0 Å². The summed E-state index contributed by atoms with van der Waals surface area (Å²) in [6, 6.07) is 16.9. The SMILES string of the molecule is CN=C(NCCc1ccc(OC)cc1O)NC1CC(C)N(Cc2ccccc2)C1.I. The molecule has 1 aliphatic heterocycles. The molecule has 2 aromatic rings. The van der Waals surface area contributed by atoms with Gasteiger partial charge in [0.15, 0.2) is 5.96 Å². The summed E-state index contributed by atoms with van der Waals surface area (Å²) >= 11 is 0. The van der Waals surface area contributed by atoms with Crippen molar-refractivity contribution in [2.45, 2.75) is 38.4 Å². The number of nitrogens with one attached hydrogen (secondary N) is 2. The highest BCUT2D eigenvalue weighted by Gasteiger charge is 2.29. The van der Waals surface area contributed by atoms with E-state index in [1.165, 1.54) is 5.56 Å². The van der Waals surface area contributed by atoms with E-state index in [2.05, 4.69) is 57.8 Å². The number of halogens is 1. The summed E-state index contributed by atoms with van der Waals surface area (Å²) < 4.78 is 5.13. The average molecular weight is 524 g/mol. The van der Waals surface area contributed by atoms with Gasteiger partial charge in [0, 0.05) is 44.8 Å². The molecule has 6 nitrogen and oxygen atoms in total. The highest BCUT2D eigenvalue weighted by atomic mass is 127. The van der Waals surface area contributed by atoms with Gasteiger partial charge in [-0.05, 0) is 37.0 Å². The van der Waals surface area contributed by atoms with Gasteiger partial charge in [-0.3, -0.25) is 9.89 Å². The van der Waals surface area contributed by atoms with E-state index in [-0.39, 0.29) is 29.7 Å². The Morgan fingerprint density at radius 1 is 1.23 bits per heavy atom. The lowest BCUT2D eigenvalue weighted by atomic mass is 10.1. The second-order valence-electron chi connectivity index (χ2n) is 7.58. The minimum Gasteiger partial charge on any atom is -0.508 e. The van der Waals surface area contributed by atoms with Crippen LogP contribution in [0, 0.1) is 0 Å². The Bertz CT molecular complexity index is 816. The van der Waals surface area contributed by atoms with Crippen LogP contribution in [0.1, 0.15) is 24.5 Å². The predicted molar refractivity (Wildman–Crippen MR) is 133 cm³/mol. The summed E-state index contributed by atoms with van der Waals surface area (Å²) in [7, 11) is 3.39. The van der Waals surface area contributed by atoms with Crippen molar-refractivity contribution < 1.29 is 9.84 Å². The zero-order chi connectivity index (χ0) is 20.6. The number of aliphatic imine (C=N–C) groups is 1. The van der Waals surface area contributed by atoms with Crippen LogP contribution < -0.4 is 15.4 Å². The van der Waals surface area contributed by atoms with Gasteiger partial charge >= 0.3 is 0 Å². The summed E-state index contributed by atoms with van der Waals surface area (Å²) in [6.45, 7) is 4.95. The van der Waals surface area contributed by atoms with E-state index in [1.807, 2.05) is 12.1 Å². The fourth-order valence-corrected chi connectivity index (χ4v) is 3.83. The number of hydrogen-bond acceptors (Lipinski definition) is 4. The number of methoxy groups -OCH3 is 1. The number of aromatic hydroxyl groups is 1. The summed E-state index contributed by atoms with van der Waals surface area (Å²) in [6.07, 6.45) is 1.80. The van der Waals surface area contributed by atoms with Gasteiger partial charge in [-0.25, -0.2) is 0 Å². The molecule has 164 valence electrons. The number of benzene rings is 2. The lowest BCUT2D eigenvalue weighted by molar-refractivity contribution is 0.258. The van der Waals surface area contributed by atoms with Gasteiger partial charge in [0.2, 0.25) is 0 Å². The number of likely N-dealkylation sites (tertiary alicyclic amines) is 1. The van der Waals surface area contributed by atoms with Gasteiger partial charge < -0.3 is 20.5 Å². The lowest BCUT2D eigenvalue weighted by Gasteiger charge is -2.21. The molecule has 3 rings (SSSR count). The molecule has 3 N–H and O–H groups in total. The summed E-state index contributed by atoms with van der Waals surface area (Å²) in [5, 5.41) is 17.0. The van der Waals surface area contributed by atoms with Gasteiger partial charge in [-0.2, -0.15) is 0 Å². The van der Waals surface area contributed by atoms with Crippen LogP contribution in [0.5, 0.6) is 11.5 Å². The van der Waals surface area contributed by atoms with Crippen molar-refractivity contribution >= 4 is 29.9 Å². The molecule has 0 bridgehead atoms. The zero-order valence-electron chi connectivity index (χ0n) is 18.0. The highest BCUT2D eigenvalue weighted by molar-refractivity contribution is 14.0.